The summed E-state index contributed by atoms with van der Waals surface area (Å²) in [5.41, 5.74) is 0.0765. The number of hydrogen-bond donors (Lipinski definition) is 1. The number of aromatic nitrogens is 2. The smallest absolute Gasteiger partial charge is 0.263 e. The first-order valence-corrected chi connectivity index (χ1v) is 10.6. The Hall–Kier alpha value is -4.26. The van der Waals surface area contributed by atoms with Gasteiger partial charge in [0.2, 0.25) is 0 Å². The van der Waals surface area contributed by atoms with E-state index >= 15 is 0 Å². The van der Waals surface area contributed by atoms with Crippen molar-refractivity contribution in [2.24, 2.45) is 7.05 Å². The summed E-state index contributed by atoms with van der Waals surface area (Å²) in [6, 6.07) is 9.70. The number of carbonyl (C=O) groups is 1. The number of ether oxygens (including phenoxy) is 1. The molecule has 3 heterocycles. The highest BCUT2D eigenvalue weighted by Gasteiger charge is 2.25. The Kier molecular flexibility index (Phi) is 6.54. The van der Waals surface area contributed by atoms with E-state index in [2.05, 4.69) is 10.3 Å². The zero-order valence-corrected chi connectivity index (χ0v) is 18.3. The number of amides is 1. The number of nitrogens with one attached hydrogen (secondary N) is 1. The van der Waals surface area contributed by atoms with Crippen LogP contribution >= 0.6 is 0 Å². The van der Waals surface area contributed by atoms with Gasteiger partial charge in [0.1, 0.15) is 23.6 Å². The molecule has 174 valence electrons. The molecule has 1 amide bonds. The Balaban J connectivity index is 1.50. The Labute approximate surface area is 194 Å². The van der Waals surface area contributed by atoms with E-state index in [1.165, 1.54) is 29.0 Å². The Morgan fingerprint density at radius 1 is 1.24 bits per heavy atom. The number of aryl methyl sites for hydroxylation is 1. The molecule has 1 N–H and O–H groups in total. The lowest BCUT2D eigenvalue weighted by Crippen LogP contribution is -2.39. The van der Waals surface area contributed by atoms with Crippen molar-refractivity contribution in [1.29, 1.82) is 5.26 Å². The van der Waals surface area contributed by atoms with Crippen molar-refractivity contribution in [3.05, 3.63) is 81.9 Å². The second kappa shape index (κ2) is 9.70. The zero-order valence-electron chi connectivity index (χ0n) is 18.3. The van der Waals surface area contributed by atoms with Crippen molar-refractivity contribution < 1.29 is 18.3 Å². The summed E-state index contributed by atoms with van der Waals surface area (Å²) in [5.74, 6) is -1.59. The van der Waals surface area contributed by atoms with Crippen molar-refractivity contribution in [3.63, 3.8) is 0 Å². The van der Waals surface area contributed by atoms with Gasteiger partial charge in [0, 0.05) is 51.4 Å². The number of carbonyl (C=O) groups excluding carboxylic acids is 1. The summed E-state index contributed by atoms with van der Waals surface area (Å²) < 4.78 is 34.0. The summed E-state index contributed by atoms with van der Waals surface area (Å²) in [6.45, 7) is 0.977. The predicted molar refractivity (Wildman–Crippen MR) is 121 cm³/mol. The predicted octanol–water partition coefficient (Wildman–Crippen LogP) is 3.23. The molecule has 8 nitrogen and oxygen atoms in total. The molecule has 0 unspecified atom stereocenters. The molecule has 0 saturated carbocycles. The number of anilines is 2. The molecule has 0 spiro atoms. The van der Waals surface area contributed by atoms with E-state index in [0.717, 1.165) is 12.1 Å². The third-order valence-corrected chi connectivity index (χ3v) is 5.54. The number of hydrogen-bond acceptors (Lipinski definition) is 6. The van der Waals surface area contributed by atoms with Crippen molar-refractivity contribution in [2.75, 3.05) is 23.3 Å². The van der Waals surface area contributed by atoms with Gasteiger partial charge in [-0.2, -0.15) is 5.26 Å². The highest BCUT2D eigenvalue weighted by Crippen LogP contribution is 2.29. The zero-order chi connectivity index (χ0) is 24.2. The summed E-state index contributed by atoms with van der Waals surface area (Å²) in [6.07, 6.45) is 3.74. The average molecular weight is 465 g/mol. The highest BCUT2D eigenvalue weighted by molar-refractivity contribution is 6.05. The lowest BCUT2D eigenvalue weighted by molar-refractivity contribution is 0.102. The largest absolute Gasteiger partial charge is 0.487 e. The standard InChI is InChI=1S/C24H21F2N5O3/c1-30-8-2-3-18(24(30)33)23(32)29-20-11-15(13-27)14-28-22(20)31-9-6-17(7-10-31)34-21-5-4-16(25)12-19(21)26/h2-5,8,11-12,14,17H,6-7,9-10H2,1H3,(H,29,32). The van der Waals surface area contributed by atoms with Gasteiger partial charge in [-0.3, -0.25) is 9.59 Å². The molecule has 1 fully saturated rings. The number of rotatable bonds is 5. The van der Waals surface area contributed by atoms with Crippen LogP contribution in [0.2, 0.25) is 0 Å². The van der Waals surface area contributed by atoms with E-state index in [4.69, 9.17) is 4.74 Å². The maximum atomic E-state index is 13.9. The van der Waals surface area contributed by atoms with Gasteiger partial charge < -0.3 is 19.5 Å². The first-order valence-electron chi connectivity index (χ1n) is 10.6. The lowest BCUT2D eigenvalue weighted by atomic mass is 10.1. The molecular weight excluding hydrogens is 444 g/mol. The van der Waals surface area contributed by atoms with E-state index in [1.807, 2.05) is 11.0 Å². The number of benzene rings is 1. The maximum absolute atomic E-state index is 13.9. The molecular formula is C24H21F2N5O3. The molecule has 3 aromatic rings. The molecule has 4 rings (SSSR count). The minimum absolute atomic E-state index is 0.00579. The van der Waals surface area contributed by atoms with Gasteiger partial charge in [0.15, 0.2) is 17.4 Å². The van der Waals surface area contributed by atoms with E-state index in [1.54, 1.807) is 19.3 Å². The van der Waals surface area contributed by atoms with E-state index in [0.29, 0.717) is 37.4 Å². The number of nitriles is 1. The van der Waals surface area contributed by atoms with Gasteiger partial charge in [-0.25, -0.2) is 13.8 Å². The minimum atomic E-state index is -0.756. The second-order valence-corrected chi connectivity index (χ2v) is 7.88. The van der Waals surface area contributed by atoms with Crippen molar-refractivity contribution in [3.8, 4) is 11.8 Å². The van der Waals surface area contributed by atoms with E-state index in [9.17, 15) is 23.6 Å². The molecule has 34 heavy (non-hydrogen) atoms. The third-order valence-electron chi connectivity index (χ3n) is 5.54. The third kappa shape index (κ3) is 4.88. The van der Waals surface area contributed by atoms with Gasteiger partial charge in [0.25, 0.3) is 11.5 Å². The van der Waals surface area contributed by atoms with Crippen LogP contribution in [0.5, 0.6) is 5.75 Å². The average Bonchev–Trinajstić information content (AvgIpc) is 2.83. The van der Waals surface area contributed by atoms with Crippen molar-refractivity contribution in [2.45, 2.75) is 18.9 Å². The molecule has 1 aliphatic heterocycles. The molecule has 0 bridgehead atoms. The van der Waals surface area contributed by atoms with Gasteiger partial charge in [-0.1, -0.05) is 0 Å². The van der Waals surface area contributed by atoms with Crippen molar-refractivity contribution >= 4 is 17.4 Å². The molecule has 0 radical (unpaired) electrons. The fraction of sp³-hybridized carbons (Fsp3) is 0.250. The van der Waals surface area contributed by atoms with Crippen LogP contribution in [0.4, 0.5) is 20.3 Å². The van der Waals surface area contributed by atoms with Crippen LogP contribution in [-0.4, -0.2) is 34.7 Å². The van der Waals surface area contributed by atoms with E-state index in [-0.39, 0.29) is 23.0 Å². The Morgan fingerprint density at radius 3 is 2.71 bits per heavy atom. The quantitative estimate of drug-likeness (QED) is 0.621. The second-order valence-electron chi connectivity index (χ2n) is 7.88. The van der Waals surface area contributed by atoms with Crippen LogP contribution in [0.3, 0.4) is 0 Å². The molecule has 1 saturated heterocycles. The summed E-state index contributed by atoms with van der Waals surface area (Å²) >= 11 is 0. The maximum Gasteiger partial charge on any atom is 0.263 e. The van der Waals surface area contributed by atoms with Crippen LogP contribution in [0, 0.1) is 23.0 Å². The normalized spacial score (nSPS) is 13.9. The van der Waals surface area contributed by atoms with Crippen LogP contribution in [0.15, 0.2) is 53.6 Å². The summed E-state index contributed by atoms with van der Waals surface area (Å²) in [4.78, 5) is 31.4. The topological polar surface area (TPSA) is 100 Å². The number of halogens is 2. The summed E-state index contributed by atoms with van der Waals surface area (Å²) in [5, 5.41) is 12.0. The van der Waals surface area contributed by atoms with Crippen molar-refractivity contribution in [1.82, 2.24) is 9.55 Å². The van der Waals surface area contributed by atoms with Crippen LogP contribution in [-0.2, 0) is 7.05 Å². The molecule has 1 aromatic carbocycles. The van der Waals surface area contributed by atoms with Gasteiger partial charge in [0.05, 0.1) is 11.3 Å². The first kappa shape index (κ1) is 22.9. The fourth-order valence-electron chi connectivity index (χ4n) is 3.76. The van der Waals surface area contributed by atoms with Gasteiger partial charge in [-0.05, 0) is 30.3 Å². The Morgan fingerprint density at radius 2 is 2.00 bits per heavy atom. The first-order chi connectivity index (χ1) is 16.4. The number of nitrogens with zero attached hydrogens (tertiary/aromatic N) is 4. The summed E-state index contributed by atoms with van der Waals surface area (Å²) in [7, 11) is 1.55. The van der Waals surface area contributed by atoms with Crippen LogP contribution in [0.25, 0.3) is 0 Å². The van der Waals surface area contributed by atoms with Gasteiger partial charge >= 0.3 is 0 Å². The molecule has 1 aliphatic rings. The van der Waals surface area contributed by atoms with Crippen LogP contribution in [0.1, 0.15) is 28.8 Å². The monoisotopic (exact) mass is 465 g/mol. The van der Waals surface area contributed by atoms with Crippen LogP contribution < -0.4 is 20.5 Å². The number of pyridine rings is 2. The molecule has 2 aromatic heterocycles. The molecule has 0 aliphatic carbocycles. The minimum Gasteiger partial charge on any atom is -0.487 e. The lowest BCUT2D eigenvalue weighted by Gasteiger charge is -2.34. The highest BCUT2D eigenvalue weighted by atomic mass is 19.1. The molecule has 0 atom stereocenters. The Bertz CT molecular complexity index is 1330. The number of piperidine rings is 1. The van der Waals surface area contributed by atoms with E-state index < -0.39 is 23.1 Å². The molecule has 10 heteroatoms. The van der Waals surface area contributed by atoms with Gasteiger partial charge in [-0.15, -0.1) is 0 Å². The fourth-order valence-corrected chi connectivity index (χ4v) is 3.76. The SMILES string of the molecule is Cn1cccc(C(=O)Nc2cc(C#N)cnc2N2CCC(Oc3ccc(F)cc3F)CC2)c1=O.